The van der Waals surface area contributed by atoms with E-state index in [0.29, 0.717) is 23.5 Å². The van der Waals surface area contributed by atoms with E-state index >= 15 is 0 Å². The van der Waals surface area contributed by atoms with Crippen molar-refractivity contribution in [1.29, 1.82) is 0 Å². The van der Waals surface area contributed by atoms with Crippen molar-refractivity contribution in [3.05, 3.63) is 125 Å². The van der Waals surface area contributed by atoms with Crippen molar-refractivity contribution in [3.8, 4) is 28.7 Å². The Morgan fingerprint density at radius 1 is 0.500 bits per heavy atom. The predicted molar refractivity (Wildman–Crippen MR) is 187 cm³/mol. The molecule has 0 atom stereocenters. The van der Waals surface area contributed by atoms with Crippen LogP contribution in [0.2, 0.25) is 0 Å². The molecule has 0 unspecified atom stereocenters. The van der Waals surface area contributed by atoms with E-state index in [2.05, 4.69) is 18.8 Å². The molecule has 0 saturated heterocycles. The van der Waals surface area contributed by atoms with Gasteiger partial charge in [-0.1, -0.05) is 132 Å². The van der Waals surface area contributed by atoms with Gasteiger partial charge in [-0.2, -0.15) is 0 Å². The largest absolute Gasteiger partial charge is 0.462 e. The quantitative estimate of drug-likeness (QED) is 0.0514. The van der Waals surface area contributed by atoms with Crippen LogP contribution in [0.1, 0.15) is 116 Å². The number of carbonyl (C=O) groups is 2. The van der Waals surface area contributed by atoms with Gasteiger partial charge in [-0.05, 0) is 78.2 Å². The molecule has 0 aromatic heterocycles. The van der Waals surface area contributed by atoms with E-state index in [9.17, 15) is 9.59 Å². The Hall–Kier alpha value is -4.62. The van der Waals surface area contributed by atoms with Crippen molar-refractivity contribution in [1.82, 2.24) is 0 Å². The van der Waals surface area contributed by atoms with E-state index in [-0.39, 0.29) is 5.97 Å². The van der Waals surface area contributed by atoms with Gasteiger partial charge in [-0.3, -0.25) is 0 Å². The Labute approximate surface area is 275 Å². The minimum absolute atomic E-state index is 0.284. The van der Waals surface area contributed by atoms with Crippen molar-refractivity contribution in [2.45, 2.75) is 84.0 Å². The molecule has 4 heteroatoms. The fourth-order valence-electron chi connectivity index (χ4n) is 5.23. The van der Waals surface area contributed by atoms with Crippen molar-refractivity contribution in [3.63, 3.8) is 0 Å². The maximum Gasteiger partial charge on any atom is 0.343 e. The van der Waals surface area contributed by atoms with E-state index in [1.807, 2.05) is 66.7 Å². The maximum absolute atomic E-state index is 12.7. The van der Waals surface area contributed by atoms with Crippen LogP contribution < -0.4 is 4.74 Å². The zero-order chi connectivity index (χ0) is 32.2. The summed E-state index contributed by atoms with van der Waals surface area (Å²) in [6.45, 7) is 2.72. The number of unbranched alkanes of at least 4 members (excludes halogenated alkanes) is 11. The number of benzene rings is 4. The average Bonchev–Trinajstić information content (AvgIpc) is 3.10. The topological polar surface area (TPSA) is 52.6 Å². The Bertz CT molecular complexity index is 1530. The van der Waals surface area contributed by atoms with Crippen LogP contribution in [0.5, 0.6) is 5.75 Å². The third-order valence-electron chi connectivity index (χ3n) is 8.00. The number of esters is 2. The number of ether oxygens (including phenoxy) is 2. The number of hydrogen-bond acceptors (Lipinski definition) is 4. The number of hydrogen-bond donors (Lipinski definition) is 0. The first-order valence-electron chi connectivity index (χ1n) is 16.9. The SMILES string of the molecule is CCCCCCCCCCCCCCOC(=O)c1ccc(-c2ccc(OC(=O)c3ccc(C#Cc4ccccc4)cc3)cc2)cc1. The molecule has 4 nitrogen and oxygen atoms in total. The lowest BCUT2D eigenvalue weighted by Crippen LogP contribution is -2.08. The first kappa shape index (κ1) is 34.3. The monoisotopic (exact) mass is 614 g/mol. The first-order chi connectivity index (χ1) is 22.6. The maximum atomic E-state index is 12.7. The molecule has 4 aromatic rings. The van der Waals surface area contributed by atoms with E-state index in [0.717, 1.165) is 35.1 Å². The Balaban J connectivity index is 1.14. The molecule has 4 aromatic carbocycles. The van der Waals surface area contributed by atoms with Crippen LogP contribution in [0.15, 0.2) is 103 Å². The molecule has 0 fully saturated rings. The summed E-state index contributed by atoms with van der Waals surface area (Å²) < 4.78 is 11.1. The molecule has 0 N–H and O–H groups in total. The second-order valence-electron chi connectivity index (χ2n) is 11.7. The molecule has 46 heavy (non-hydrogen) atoms. The summed E-state index contributed by atoms with van der Waals surface area (Å²) in [6.07, 6.45) is 15.3. The molecule has 0 aliphatic rings. The van der Waals surface area contributed by atoms with Crippen molar-refractivity contribution >= 4 is 11.9 Å². The van der Waals surface area contributed by atoms with E-state index in [4.69, 9.17) is 9.47 Å². The minimum atomic E-state index is -0.429. The van der Waals surface area contributed by atoms with Crippen molar-refractivity contribution in [2.75, 3.05) is 6.61 Å². The van der Waals surface area contributed by atoms with Gasteiger partial charge in [-0.25, -0.2) is 9.59 Å². The van der Waals surface area contributed by atoms with Crippen LogP contribution in [0.3, 0.4) is 0 Å². The molecule has 0 aliphatic carbocycles. The van der Waals surface area contributed by atoms with Crippen LogP contribution in [0.4, 0.5) is 0 Å². The summed E-state index contributed by atoms with van der Waals surface area (Å²) in [7, 11) is 0. The fraction of sp³-hybridized carbons (Fsp3) is 0.333. The van der Waals surface area contributed by atoms with E-state index in [1.54, 1.807) is 36.4 Å². The third kappa shape index (κ3) is 12.1. The van der Waals surface area contributed by atoms with Gasteiger partial charge >= 0.3 is 11.9 Å². The first-order valence-corrected chi connectivity index (χ1v) is 16.9. The van der Waals surface area contributed by atoms with Gasteiger partial charge in [0.25, 0.3) is 0 Å². The number of carbonyl (C=O) groups excluding carboxylic acids is 2. The zero-order valence-corrected chi connectivity index (χ0v) is 27.1. The molecule has 0 bridgehead atoms. The average molecular weight is 615 g/mol. The highest BCUT2D eigenvalue weighted by atomic mass is 16.5. The third-order valence-corrected chi connectivity index (χ3v) is 8.00. The van der Waals surface area contributed by atoms with Gasteiger partial charge in [0.1, 0.15) is 5.75 Å². The molecule has 0 aliphatic heterocycles. The summed E-state index contributed by atoms with van der Waals surface area (Å²) in [6, 6.07) is 31.6. The van der Waals surface area contributed by atoms with Gasteiger partial charge in [0.05, 0.1) is 17.7 Å². The molecule has 0 spiro atoms. The highest BCUT2D eigenvalue weighted by Crippen LogP contribution is 2.24. The smallest absolute Gasteiger partial charge is 0.343 e. The highest BCUT2D eigenvalue weighted by Gasteiger charge is 2.10. The molecule has 0 amide bonds. The van der Waals surface area contributed by atoms with Gasteiger partial charge in [0.15, 0.2) is 0 Å². The highest BCUT2D eigenvalue weighted by molar-refractivity contribution is 5.91. The molecular weight excluding hydrogens is 568 g/mol. The van der Waals surface area contributed by atoms with Gasteiger partial charge < -0.3 is 9.47 Å². The summed E-state index contributed by atoms with van der Waals surface area (Å²) >= 11 is 0. The van der Waals surface area contributed by atoms with Gasteiger partial charge in [0, 0.05) is 11.1 Å². The number of rotatable bonds is 17. The summed E-state index contributed by atoms with van der Waals surface area (Å²) in [5.41, 5.74) is 4.68. The fourth-order valence-corrected chi connectivity index (χ4v) is 5.23. The van der Waals surface area contributed by atoms with Crippen LogP contribution >= 0.6 is 0 Å². The Morgan fingerprint density at radius 3 is 1.52 bits per heavy atom. The zero-order valence-electron chi connectivity index (χ0n) is 27.1. The van der Waals surface area contributed by atoms with E-state index in [1.165, 1.54) is 64.2 Å². The van der Waals surface area contributed by atoms with Crippen molar-refractivity contribution < 1.29 is 19.1 Å². The normalized spacial score (nSPS) is 10.5. The van der Waals surface area contributed by atoms with Crippen LogP contribution in [-0.4, -0.2) is 18.5 Å². The molecule has 0 heterocycles. The van der Waals surface area contributed by atoms with Crippen molar-refractivity contribution in [2.24, 2.45) is 0 Å². The molecule has 0 radical (unpaired) electrons. The Morgan fingerprint density at radius 2 is 0.957 bits per heavy atom. The Kier molecular flexibility index (Phi) is 14.7. The molecular formula is C42H46O4. The molecule has 4 rings (SSSR count). The second kappa shape index (κ2) is 19.7. The minimum Gasteiger partial charge on any atom is -0.462 e. The van der Waals surface area contributed by atoms with E-state index < -0.39 is 5.97 Å². The standard InChI is InChI=1S/C42H46O4/c1-2-3-4-5-6-7-8-9-10-11-12-16-33-45-41(43)38-27-25-36(26-28-38)37-29-31-40(32-30-37)46-42(44)39-23-21-35(22-24-39)20-19-34-17-14-13-15-18-34/h13-15,17-18,21-32H,2-12,16,33H2,1H3. The van der Waals surface area contributed by atoms with Gasteiger partial charge in [0.2, 0.25) is 0 Å². The lowest BCUT2D eigenvalue weighted by Gasteiger charge is -2.08. The van der Waals surface area contributed by atoms with Crippen LogP contribution in [0, 0.1) is 11.8 Å². The lowest BCUT2D eigenvalue weighted by atomic mass is 10.0. The lowest BCUT2D eigenvalue weighted by molar-refractivity contribution is 0.0497. The van der Waals surface area contributed by atoms with Crippen LogP contribution in [-0.2, 0) is 4.74 Å². The summed E-state index contributed by atoms with van der Waals surface area (Å²) in [4.78, 5) is 25.2. The predicted octanol–water partition coefficient (Wildman–Crippen LogP) is 10.8. The van der Waals surface area contributed by atoms with Gasteiger partial charge in [-0.15, -0.1) is 0 Å². The summed E-state index contributed by atoms with van der Waals surface area (Å²) in [5, 5.41) is 0. The molecule has 238 valence electrons. The molecule has 0 saturated carbocycles. The summed E-state index contributed by atoms with van der Waals surface area (Å²) in [5.74, 6) is 5.96. The second-order valence-corrected chi connectivity index (χ2v) is 11.7. The van der Waals surface area contributed by atoms with Crippen LogP contribution in [0.25, 0.3) is 11.1 Å².